The van der Waals surface area contributed by atoms with E-state index in [-0.39, 0.29) is 5.56 Å². The van der Waals surface area contributed by atoms with Crippen molar-refractivity contribution < 1.29 is 13.2 Å². The van der Waals surface area contributed by atoms with Crippen LogP contribution in [-0.4, -0.2) is 29.3 Å². The zero-order chi connectivity index (χ0) is 15.2. The van der Waals surface area contributed by atoms with Crippen molar-refractivity contribution in [3.8, 4) is 16.9 Å². The minimum Gasteiger partial charge on any atom is -0.275 e. The van der Waals surface area contributed by atoms with Crippen molar-refractivity contribution >= 4 is 0 Å². The van der Waals surface area contributed by atoms with Crippen LogP contribution >= 0.6 is 0 Å². The summed E-state index contributed by atoms with van der Waals surface area (Å²) in [4.78, 5) is 0. The largest absolute Gasteiger partial charge is 0.435 e. The van der Waals surface area contributed by atoms with E-state index in [1.165, 1.54) is 28.0 Å². The Kier molecular flexibility index (Phi) is 2.85. The van der Waals surface area contributed by atoms with Gasteiger partial charge in [-0.2, -0.15) is 28.5 Å². The van der Waals surface area contributed by atoms with Crippen LogP contribution in [0, 0.1) is 0 Å². The second-order valence-corrected chi connectivity index (χ2v) is 4.58. The Balaban J connectivity index is 2.16. The van der Waals surface area contributed by atoms with Crippen LogP contribution in [-0.2, 0) is 20.3 Å². The van der Waals surface area contributed by atoms with Crippen molar-refractivity contribution in [1.29, 1.82) is 0 Å². The third-order valence-electron chi connectivity index (χ3n) is 2.93. The van der Waals surface area contributed by atoms with Crippen molar-refractivity contribution in [3.05, 3.63) is 36.5 Å². The molecule has 9 heteroatoms. The summed E-state index contributed by atoms with van der Waals surface area (Å²) in [5.41, 5.74) is -0.630. The van der Waals surface area contributed by atoms with Gasteiger partial charge in [-0.25, -0.2) is 4.68 Å². The molecule has 0 spiro atoms. The van der Waals surface area contributed by atoms with Crippen molar-refractivity contribution in [1.82, 2.24) is 29.3 Å². The third kappa shape index (κ3) is 2.41. The molecule has 3 rings (SSSR count). The fourth-order valence-corrected chi connectivity index (χ4v) is 2.00. The van der Waals surface area contributed by atoms with E-state index in [0.717, 1.165) is 4.68 Å². The molecule has 3 heterocycles. The number of nitrogens with zero attached hydrogens (tertiary/aromatic N) is 6. The topological polar surface area (TPSA) is 53.5 Å². The molecule has 0 unspecified atom stereocenters. The van der Waals surface area contributed by atoms with E-state index in [9.17, 15) is 13.2 Å². The van der Waals surface area contributed by atoms with Gasteiger partial charge in [0.05, 0.1) is 6.20 Å². The molecule has 6 nitrogen and oxygen atoms in total. The lowest BCUT2D eigenvalue weighted by Crippen LogP contribution is -2.08. The molecule has 0 aliphatic heterocycles. The maximum atomic E-state index is 13.1. The molecule has 110 valence electrons. The van der Waals surface area contributed by atoms with Crippen molar-refractivity contribution in [3.63, 3.8) is 0 Å². The van der Waals surface area contributed by atoms with Gasteiger partial charge < -0.3 is 0 Å². The summed E-state index contributed by atoms with van der Waals surface area (Å²) in [6, 6.07) is 1.58. The maximum Gasteiger partial charge on any atom is 0.435 e. The molecule has 0 saturated carbocycles. The molecule has 0 aliphatic carbocycles. The smallest absolute Gasteiger partial charge is 0.275 e. The Morgan fingerprint density at radius 3 is 2.33 bits per heavy atom. The van der Waals surface area contributed by atoms with Crippen LogP contribution in [0.2, 0.25) is 0 Å². The van der Waals surface area contributed by atoms with Crippen LogP contribution in [0.25, 0.3) is 16.9 Å². The molecule has 3 aromatic heterocycles. The summed E-state index contributed by atoms with van der Waals surface area (Å²) < 4.78 is 43.5. The molecular formula is C12H11F3N6. The Bertz CT molecular complexity index is 779. The minimum atomic E-state index is -4.55. The van der Waals surface area contributed by atoms with Gasteiger partial charge >= 0.3 is 6.18 Å². The molecule has 0 fully saturated rings. The summed E-state index contributed by atoms with van der Waals surface area (Å²) in [5, 5.41) is 11.6. The molecule has 3 aromatic rings. The number of rotatable bonds is 2. The Labute approximate surface area is 117 Å². The predicted molar refractivity (Wildman–Crippen MR) is 67.5 cm³/mol. The van der Waals surface area contributed by atoms with Crippen LogP contribution in [0.15, 0.2) is 30.9 Å². The quantitative estimate of drug-likeness (QED) is 0.727. The predicted octanol–water partition coefficient (Wildman–Crippen LogP) is 2.03. The van der Waals surface area contributed by atoms with Crippen LogP contribution in [0.3, 0.4) is 0 Å². The monoisotopic (exact) mass is 296 g/mol. The van der Waals surface area contributed by atoms with Crippen LogP contribution in [0.4, 0.5) is 13.2 Å². The molecule has 21 heavy (non-hydrogen) atoms. The third-order valence-corrected chi connectivity index (χ3v) is 2.93. The maximum absolute atomic E-state index is 13.1. The van der Waals surface area contributed by atoms with Crippen molar-refractivity contribution in [2.75, 3.05) is 0 Å². The first-order chi connectivity index (χ1) is 9.84. The zero-order valence-electron chi connectivity index (χ0n) is 11.2. The van der Waals surface area contributed by atoms with E-state index in [0.29, 0.717) is 11.4 Å². The fraction of sp³-hybridized carbons (Fsp3) is 0.250. The van der Waals surface area contributed by atoms with Gasteiger partial charge in [0, 0.05) is 49.9 Å². The van der Waals surface area contributed by atoms with Crippen LogP contribution < -0.4 is 0 Å². The highest BCUT2D eigenvalue weighted by Crippen LogP contribution is 2.36. The minimum absolute atomic E-state index is 0.0266. The average molecular weight is 296 g/mol. The van der Waals surface area contributed by atoms with E-state index in [2.05, 4.69) is 15.3 Å². The van der Waals surface area contributed by atoms with Gasteiger partial charge in [0.2, 0.25) is 0 Å². The number of hydrogen-bond donors (Lipinski definition) is 0. The number of hydrogen-bond acceptors (Lipinski definition) is 3. The average Bonchev–Trinajstić information content (AvgIpc) is 3.05. The first kappa shape index (κ1) is 13.4. The summed E-state index contributed by atoms with van der Waals surface area (Å²) in [7, 11) is 3.32. The SMILES string of the molecule is Cn1cc(-c2cn(-c3ccn(C)n3)nc2C(F)(F)F)cn1. The lowest BCUT2D eigenvalue weighted by Gasteiger charge is -2.03. The van der Waals surface area contributed by atoms with Gasteiger partial charge in [0.1, 0.15) is 0 Å². The van der Waals surface area contributed by atoms with Gasteiger partial charge in [-0.3, -0.25) is 9.36 Å². The van der Waals surface area contributed by atoms with Gasteiger partial charge in [0.15, 0.2) is 11.5 Å². The number of alkyl halides is 3. The van der Waals surface area contributed by atoms with Gasteiger partial charge in [-0.15, -0.1) is 0 Å². The number of halogens is 3. The van der Waals surface area contributed by atoms with E-state index in [1.54, 1.807) is 26.4 Å². The highest BCUT2D eigenvalue weighted by atomic mass is 19.4. The van der Waals surface area contributed by atoms with E-state index in [4.69, 9.17) is 0 Å². The Hall–Kier alpha value is -2.58. The van der Waals surface area contributed by atoms with E-state index < -0.39 is 11.9 Å². The fourth-order valence-electron chi connectivity index (χ4n) is 2.00. The van der Waals surface area contributed by atoms with Crippen LogP contribution in [0.1, 0.15) is 5.69 Å². The Morgan fingerprint density at radius 2 is 1.81 bits per heavy atom. The molecule has 0 bridgehead atoms. The lowest BCUT2D eigenvalue weighted by atomic mass is 10.1. The molecule has 0 atom stereocenters. The number of aryl methyl sites for hydroxylation is 2. The van der Waals surface area contributed by atoms with Gasteiger partial charge in [-0.05, 0) is 0 Å². The molecule has 0 N–H and O–H groups in total. The standard InChI is InChI=1S/C12H11F3N6/c1-19-4-3-10(17-19)21-7-9(8-5-16-20(2)6-8)11(18-21)12(13,14)15/h3-7H,1-2H3. The second-order valence-electron chi connectivity index (χ2n) is 4.58. The first-order valence-electron chi connectivity index (χ1n) is 6.00. The summed E-state index contributed by atoms with van der Waals surface area (Å²) in [6.07, 6.45) is 1.27. The second kappa shape index (κ2) is 4.47. The molecule has 0 saturated heterocycles. The zero-order valence-corrected chi connectivity index (χ0v) is 11.2. The molecule has 0 amide bonds. The highest BCUT2D eigenvalue weighted by molar-refractivity contribution is 5.65. The van der Waals surface area contributed by atoms with E-state index >= 15 is 0 Å². The van der Waals surface area contributed by atoms with Gasteiger partial charge in [-0.1, -0.05) is 0 Å². The summed E-state index contributed by atoms with van der Waals surface area (Å²) >= 11 is 0. The van der Waals surface area contributed by atoms with Crippen molar-refractivity contribution in [2.45, 2.75) is 6.18 Å². The molecule has 0 aliphatic rings. The first-order valence-corrected chi connectivity index (χ1v) is 6.00. The molecule has 0 aromatic carbocycles. The molecular weight excluding hydrogens is 285 g/mol. The lowest BCUT2D eigenvalue weighted by molar-refractivity contribution is -0.140. The normalized spacial score (nSPS) is 12.0. The van der Waals surface area contributed by atoms with Crippen molar-refractivity contribution in [2.24, 2.45) is 14.1 Å². The Morgan fingerprint density at radius 1 is 1.05 bits per heavy atom. The molecule has 0 radical (unpaired) electrons. The van der Waals surface area contributed by atoms with E-state index in [1.807, 2.05) is 0 Å². The van der Waals surface area contributed by atoms with Crippen LogP contribution in [0.5, 0.6) is 0 Å². The highest BCUT2D eigenvalue weighted by Gasteiger charge is 2.38. The summed E-state index contributed by atoms with van der Waals surface area (Å²) in [5.74, 6) is 0.318. The van der Waals surface area contributed by atoms with Gasteiger partial charge in [0.25, 0.3) is 0 Å². The number of aromatic nitrogens is 6. The summed E-state index contributed by atoms with van der Waals surface area (Å²) in [6.45, 7) is 0.